The number of hydrogen-bond acceptors (Lipinski definition) is 3. The fourth-order valence-electron chi connectivity index (χ4n) is 8.43. The van der Waals surface area contributed by atoms with Gasteiger partial charge in [0, 0.05) is 47.9 Å². The first-order valence-corrected chi connectivity index (χ1v) is 20.1. The van der Waals surface area contributed by atoms with Gasteiger partial charge in [-0.25, -0.2) is 0 Å². The third-order valence-electron chi connectivity index (χ3n) is 11.1. The second-order valence-electron chi connectivity index (χ2n) is 14.5. The number of thiophene rings is 1. The van der Waals surface area contributed by atoms with Gasteiger partial charge < -0.3 is 9.32 Å². The van der Waals surface area contributed by atoms with Crippen LogP contribution in [0.15, 0.2) is 217 Å². The van der Waals surface area contributed by atoms with Gasteiger partial charge in [0.05, 0.1) is 5.69 Å². The van der Waals surface area contributed by atoms with E-state index in [0.717, 1.165) is 61.3 Å². The monoisotopic (exact) mass is 745 g/mol. The Bertz CT molecular complexity index is 3230. The Labute approximate surface area is 335 Å². The second-order valence-corrected chi connectivity index (χ2v) is 15.5. The minimum atomic E-state index is 0.894. The molecule has 9 aromatic carbocycles. The van der Waals surface area contributed by atoms with E-state index in [9.17, 15) is 0 Å². The van der Waals surface area contributed by atoms with Crippen molar-refractivity contribution in [3.8, 4) is 44.5 Å². The van der Waals surface area contributed by atoms with Crippen molar-refractivity contribution < 1.29 is 4.42 Å². The Morgan fingerprint density at radius 3 is 1.72 bits per heavy atom. The van der Waals surface area contributed by atoms with E-state index < -0.39 is 0 Å². The first-order chi connectivity index (χ1) is 28.3. The summed E-state index contributed by atoms with van der Waals surface area (Å²) >= 11 is 1.85. The van der Waals surface area contributed by atoms with Crippen LogP contribution in [0.2, 0.25) is 0 Å². The highest BCUT2D eigenvalue weighted by atomic mass is 32.1. The molecular weight excluding hydrogens is 711 g/mol. The van der Waals surface area contributed by atoms with Crippen LogP contribution in [0, 0.1) is 0 Å². The van der Waals surface area contributed by atoms with Crippen LogP contribution >= 0.6 is 11.3 Å². The topological polar surface area (TPSA) is 16.4 Å². The molecule has 11 aromatic rings. The zero-order valence-corrected chi connectivity index (χ0v) is 31.8. The summed E-state index contributed by atoms with van der Waals surface area (Å²) in [4.78, 5) is 2.45. The first kappa shape index (κ1) is 33.2. The van der Waals surface area contributed by atoms with Gasteiger partial charge in [-0.1, -0.05) is 158 Å². The lowest BCUT2D eigenvalue weighted by atomic mass is 9.94. The molecule has 2 aromatic heterocycles. The predicted octanol–water partition coefficient (Wildman–Crippen LogP) is 16.1. The van der Waals surface area contributed by atoms with Crippen molar-refractivity contribution in [1.82, 2.24) is 0 Å². The molecule has 0 aliphatic heterocycles. The molecule has 0 amide bonds. The molecule has 0 saturated carbocycles. The molecule has 0 aliphatic carbocycles. The second kappa shape index (κ2) is 13.8. The molecule has 0 saturated heterocycles. The molecule has 0 spiro atoms. The Morgan fingerprint density at radius 2 is 0.930 bits per heavy atom. The van der Waals surface area contributed by atoms with Crippen molar-refractivity contribution in [1.29, 1.82) is 0 Å². The van der Waals surface area contributed by atoms with Gasteiger partial charge in [0.15, 0.2) is 0 Å². The summed E-state index contributed by atoms with van der Waals surface area (Å²) in [5, 5.41) is 4.76. The molecule has 57 heavy (non-hydrogen) atoms. The Hall–Kier alpha value is -7.20. The number of fused-ring (bicyclic) bond motifs is 6. The molecule has 0 radical (unpaired) electrons. The lowest BCUT2D eigenvalue weighted by Gasteiger charge is -2.28. The van der Waals surface area contributed by atoms with E-state index in [0.29, 0.717) is 0 Å². The van der Waals surface area contributed by atoms with E-state index in [1.54, 1.807) is 0 Å². The smallest absolute Gasteiger partial charge is 0.143 e. The molecule has 3 heteroatoms. The summed E-state index contributed by atoms with van der Waals surface area (Å²) in [6.07, 6.45) is 0. The maximum absolute atomic E-state index is 6.63. The van der Waals surface area contributed by atoms with Crippen LogP contribution < -0.4 is 4.90 Å². The lowest BCUT2D eigenvalue weighted by molar-refractivity contribution is 0.670. The third-order valence-corrected chi connectivity index (χ3v) is 12.2. The fourth-order valence-corrected chi connectivity index (χ4v) is 9.56. The molecule has 2 heterocycles. The molecule has 268 valence electrons. The SMILES string of the molecule is c1ccc(-c2cc(-c3cccc4c3oc3ccccc34)cc(N(c3ccc(-c4ccccc4-c4ccccc4)cc3)c3cccc4sc5ccccc5c34)c2)cc1. The van der Waals surface area contributed by atoms with Crippen LogP contribution in [0.4, 0.5) is 17.1 Å². The number of furan rings is 1. The molecule has 0 aliphatic rings. The van der Waals surface area contributed by atoms with Gasteiger partial charge in [-0.3, -0.25) is 0 Å². The first-order valence-electron chi connectivity index (χ1n) is 19.3. The summed E-state index contributed by atoms with van der Waals surface area (Å²) in [5.74, 6) is 0. The standard InChI is InChI=1S/C54H35NOS/c1-3-15-36(16-4-1)39-33-40(45-23-13-24-47-46-21-9-11-26-50(46)56-54(45)47)35-42(34-39)55(49-25-14-28-52-53(49)48-22-10-12-27-51(48)57-52)41-31-29-38(30-32-41)44-20-8-7-19-43(44)37-17-5-2-6-18-37/h1-35H. The highest BCUT2D eigenvalue weighted by molar-refractivity contribution is 7.26. The zero-order valence-electron chi connectivity index (χ0n) is 31.0. The average Bonchev–Trinajstić information content (AvgIpc) is 3.86. The number of anilines is 3. The van der Waals surface area contributed by atoms with Crippen LogP contribution in [0.1, 0.15) is 0 Å². The summed E-state index contributed by atoms with van der Waals surface area (Å²) in [5.41, 5.74) is 14.3. The van der Waals surface area contributed by atoms with Crippen LogP contribution in [0.25, 0.3) is 86.6 Å². The molecule has 0 unspecified atom stereocenters. The van der Waals surface area contributed by atoms with E-state index in [-0.39, 0.29) is 0 Å². The molecule has 0 fully saturated rings. The van der Waals surface area contributed by atoms with Gasteiger partial charge in [0.1, 0.15) is 11.2 Å². The van der Waals surface area contributed by atoms with E-state index in [1.165, 1.54) is 42.4 Å². The van der Waals surface area contributed by atoms with Crippen molar-refractivity contribution in [3.63, 3.8) is 0 Å². The fraction of sp³-hybridized carbons (Fsp3) is 0. The van der Waals surface area contributed by atoms with Crippen molar-refractivity contribution in [3.05, 3.63) is 212 Å². The quantitative estimate of drug-likeness (QED) is 0.162. The number of para-hydroxylation sites is 2. The van der Waals surface area contributed by atoms with Crippen LogP contribution in [0.5, 0.6) is 0 Å². The van der Waals surface area contributed by atoms with Gasteiger partial charge in [-0.2, -0.15) is 0 Å². The number of nitrogens with zero attached hydrogens (tertiary/aromatic N) is 1. The Kier molecular flexibility index (Phi) is 8.04. The number of rotatable bonds is 7. The van der Waals surface area contributed by atoms with Gasteiger partial charge in [0.2, 0.25) is 0 Å². The third kappa shape index (κ3) is 5.80. The van der Waals surface area contributed by atoms with Crippen molar-refractivity contribution >= 4 is 70.5 Å². The van der Waals surface area contributed by atoms with Crippen LogP contribution in [0.3, 0.4) is 0 Å². The van der Waals surface area contributed by atoms with Crippen molar-refractivity contribution in [2.45, 2.75) is 0 Å². The highest BCUT2D eigenvalue weighted by Crippen LogP contribution is 2.47. The van der Waals surface area contributed by atoms with Gasteiger partial charge in [-0.15, -0.1) is 11.3 Å². The summed E-state index contributed by atoms with van der Waals surface area (Å²) in [7, 11) is 0. The average molecular weight is 746 g/mol. The molecule has 0 N–H and O–H groups in total. The van der Waals surface area contributed by atoms with E-state index in [1.807, 2.05) is 17.4 Å². The van der Waals surface area contributed by atoms with Crippen LogP contribution in [-0.4, -0.2) is 0 Å². The minimum absolute atomic E-state index is 0.894. The molecule has 2 nitrogen and oxygen atoms in total. The maximum atomic E-state index is 6.63. The molecule has 0 bridgehead atoms. The van der Waals surface area contributed by atoms with Crippen molar-refractivity contribution in [2.24, 2.45) is 0 Å². The van der Waals surface area contributed by atoms with Gasteiger partial charge in [-0.05, 0) is 93.5 Å². The normalized spacial score (nSPS) is 11.5. The maximum Gasteiger partial charge on any atom is 0.143 e. The van der Waals surface area contributed by atoms with E-state index in [4.69, 9.17) is 4.42 Å². The van der Waals surface area contributed by atoms with E-state index >= 15 is 0 Å². The number of benzene rings is 9. The molecular formula is C54H35NOS. The zero-order chi connectivity index (χ0) is 37.7. The van der Waals surface area contributed by atoms with Crippen molar-refractivity contribution in [2.75, 3.05) is 4.90 Å². The van der Waals surface area contributed by atoms with Gasteiger partial charge in [0.25, 0.3) is 0 Å². The number of hydrogen-bond donors (Lipinski definition) is 0. The Morgan fingerprint density at radius 1 is 0.351 bits per heavy atom. The van der Waals surface area contributed by atoms with E-state index in [2.05, 4.69) is 211 Å². The highest BCUT2D eigenvalue weighted by Gasteiger charge is 2.22. The van der Waals surface area contributed by atoms with Gasteiger partial charge >= 0.3 is 0 Å². The van der Waals surface area contributed by atoms with Crippen LogP contribution in [-0.2, 0) is 0 Å². The summed E-state index contributed by atoms with van der Waals surface area (Å²) in [6.45, 7) is 0. The molecule has 11 rings (SSSR count). The lowest BCUT2D eigenvalue weighted by Crippen LogP contribution is -2.11. The summed E-state index contributed by atoms with van der Waals surface area (Å²) in [6, 6.07) is 76.4. The Balaban J connectivity index is 1.16. The minimum Gasteiger partial charge on any atom is -0.455 e. The predicted molar refractivity (Wildman–Crippen MR) is 243 cm³/mol. The largest absolute Gasteiger partial charge is 0.455 e. The molecule has 0 atom stereocenters. The summed E-state index contributed by atoms with van der Waals surface area (Å²) < 4.78 is 9.18.